The van der Waals surface area contributed by atoms with Crippen molar-refractivity contribution >= 4 is 17.9 Å². The highest BCUT2D eigenvalue weighted by Crippen LogP contribution is 2.33. The van der Waals surface area contributed by atoms with Crippen molar-refractivity contribution in [1.29, 1.82) is 0 Å². The van der Waals surface area contributed by atoms with Gasteiger partial charge in [0.15, 0.2) is 6.29 Å². The van der Waals surface area contributed by atoms with Gasteiger partial charge in [-0.25, -0.2) is 4.68 Å². The van der Waals surface area contributed by atoms with Gasteiger partial charge in [-0.2, -0.15) is 0 Å². The third kappa shape index (κ3) is 3.16. The summed E-state index contributed by atoms with van der Waals surface area (Å²) in [6.07, 6.45) is 6.79. The van der Waals surface area contributed by atoms with E-state index in [-0.39, 0.29) is 0 Å². The molecule has 0 amide bonds. The Morgan fingerprint density at radius 3 is 2.57 bits per heavy atom. The molecule has 5 heteroatoms. The second-order valence-corrected chi connectivity index (χ2v) is 6.03. The van der Waals surface area contributed by atoms with Gasteiger partial charge in [0.2, 0.25) is 0 Å². The lowest BCUT2D eigenvalue weighted by Gasteiger charge is -2.22. The Hall–Kier alpha value is -1.68. The molecule has 1 aliphatic carbocycles. The van der Waals surface area contributed by atoms with Crippen LogP contribution in [0.4, 0.5) is 0 Å². The second-order valence-electron chi connectivity index (χ2n) is 5.60. The lowest BCUT2D eigenvalue weighted by atomic mass is 9.86. The molecule has 0 saturated heterocycles. The molecule has 1 saturated carbocycles. The number of rotatable bonds is 4. The van der Waals surface area contributed by atoms with Crippen molar-refractivity contribution in [3.05, 3.63) is 46.2 Å². The van der Waals surface area contributed by atoms with Gasteiger partial charge >= 0.3 is 0 Å². The predicted octanol–water partition coefficient (Wildman–Crippen LogP) is 3.84. The average molecular weight is 304 g/mol. The fourth-order valence-corrected chi connectivity index (χ4v) is 3.22. The Kier molecular flexibility index (Phi) is 4.34. The zero-order valence-electron chi connectivity index (χ0n) is 11.8. The standard InChI is InChI=1S/C16H18ClN3O/c17-14-8-6-12(7-9-14)10-20-16(15(11-21)18-19-20)13-4-2-1-3-5-13/h6-9,11,13H,1-5,10H2. The fourth-order valence-electron chi connectivity index (χ4n) is 3.09. The molecule has 0 spiro atoms. The molecule has 4 nitrogen and oxygen atoms in total. The van der Waals surface area contributed by atoms with Crippen LogP contribution in [0.1, 0.15) is 59.8 Å². The van der Waals surface area contributed by atoms with Crippen LogP contribution >= 0.6 is 11.6 Å². The van der Waals surface area contributed by atoms with Gasteiger partial charge in [-0.15, -0.1) is 5.10 Å². The number of halogens is 1. The molecule has 0 aliphatic heterocycles. The first-order valence-corrected chi connectivity index (χ1v) is 7.78. The molecule has 0 bridgehead atoms. The molecule has 2 aromatic rings. The molecule has 1 aromatic carbocycles. The quantitative estimate of drug-likeness (QED) is 0.806. The van der Waals surface area contributed by atoms with Crippen LogP contribution in [0.5, 0.6) is 0 Å². The largest absolute Gasteiger partial charge is 0.296 e. The van der Waals surface area contributed by atoms with E-state index in [0.29, 0.717) is 18.2 Å². The topological polar surface area (TPSA) is 47.8 Å². The van der Waals surface area contributed by atoms with Gasteiger partial charge in [0.25, 0.3) is 0 Å². The lowest BCUT2D eigenvalue weighted by Crippen LogP contribution is -2.14. The molecule has 1 heterocycles. The summed E-state index contributed by atoms with van der Waals surface area (Å²) in [5, 5.41) is 8.95. The van der Waals surface area contributed by atoms with Gasteiger partial charge in [0.05, 0.1) is 12.2 Å². The Labute approximate surface area is 129 Å². The Bertz CT molecular complexity index is 615. The Morgan fingerprint density at radius 2 is 1.90 bits per heavy atom. The SMILES string of the molecule is O=Cc1nnn(Cc2ccc(Cl)cc2)c1C1CCCCC1. The Balaban J connectivity index is 1.89. The molecule has 1 aromatic heterocycles. The predicted molar refractivity (Wildman–Crippen MR) is 81.8 cm³/mol. The van der Waals surface area contributed by atoms with E-state index in [9.17, 15) is 4.79 Å². The minimum absolute atomic E-state index is 0.404. The van der Waals surface area contributed by atoms with E-state index in [2.05, 4.69) is 10.3 Å². The van der Waals surface area contributed by atoms with Gasteiger partial charge in [-0.1, -0.05) is 48.2 Å². The number of carbonyl (C=O) groups is 1. The van der Waals surface area contributed by atoms with Gasteiger partial charge < -0.3 is 0 Å². The smallest absolute Gasteiger partial charge is 0.172 e. The van der Waals surface area contributed by atoms with Crippen molar-refractivity contribution in [2.45, 2.75) is 44.6 Å². The summed E-state index contributed by atoms with van der Waals surface area (Å²) in [6.45, 7) is 0.629. The number of hydrogen-bond donors (Lipinski definition) is 0. The zero-order chi connectivity index (χ0) is 14.7. The third-order valence-corrected chi connectivity index (χ3v) is 4.40. The summed E-state index contributed by atoms with van der Waals surface area (Å²) in [5.74, 6) is 0.404. The molecular weight excluding hydrogens is 286 g/mol. The molecule has 1 fully saturated rings. The van der Waals surface area contributed by atoms with Crippen molar-refractivity contribution < 1.29 is 4.79 Å². The molecule has 1 aliphatic rings. The first-order chi connectivity index (χ1) is 10.3. The molecule has 110 valence electrons. The summed E-state index contributed by atoms with van der Waals surface area (Å²) in [4.78, 5) is 11.2. The molecule has 0 atom stereocenters. The van der Waals surface area contributed by atoms with Gasteiger partial charge in [-0.05, 0) is 30.5 Å². The average Bonchev–Trinajstić information content (AvgIpc) is 2.93. The number of nitrogens with zero attached hydrogens (tertiary/aromatic N) is 3. The van der Waals surface area contributed by atoms with E-state index < -0.39 is 0 Å². The van der Waals surface area contributed by atoms with E-state index in [4.69, 9.17) is 11.6 Å². The lowest BCUT2D eigenvalue weighted by molar-refractivity contribution is 0.111. The van der Waals surface area contributed by atoms with Gasteiger partial charge in [0.1, 0.15) is 5.69 Å². The van der Waals surface area contributed by atoms with E-state index in [0.717, 1.165) is 35.4 Å². The van der Waals surface area contributed by atoms with E-state index in [1.165, 1.54) is 19.3 Å². The second kappa shape index (κ2) is 6.39. The van der Waals surface area contributed by atoms with Crippen LogP contribution in [-0.4, -0.2) is 21.3 Å². The monoisotopic (exact) mass is 303 g/mol. The van der Waals surface area contributed by atoms with Crippen molar-refractivity contribution in [1.82, 2.24) is 15.0 Å². The molecule has 3 rings (SSSR count). The summed E-state index contributed by atoms with van der Waals surface area (Å²) < 4.78 is 1.88. The number of hydrogen-bond acceptors (Lipinski definition) is 3. The highest BCUT2D eigenvalue weighted by Gasteiger charge is 2.24. The van der Waals surface area contributed by atoms with Crippen molar-refractivity contribution in [2.75, 3.05) is 0 Å². The fraction of sp³-hybridized carbons (Fsp3) is 0.438. The minimum atomic E-state index is 0.404. The highest BCUT2D eigenvalue weighted by atomic mass is 35.5. The van der Waals surface area contributed by atoms with Gasteiger partial charge in [-0.3, -0.25) is 4.79 Å². The van der Waals surface area contributed by atoms with Crippen molar-refractivity contribution in [2.24, 2.45) is 0 Å². The Morgan fingerprint density at radius 1 is 1.19 bits per heavy atom. The van der Waals surface area contributed by atoms with Crippen LogP contribution in [0.3, 0.4) is 0 Å². The van der Waals surface area contributed by atoms with Crippen LogP contribution in [0.25, 0.3) is 0 Å². The number of carbonyl (C=O) groups excluding carboxylic acids is 1. The van der Waals surface area contributed by atoms with E-state index in [1.807, 2.05) is 28.9 Å². The first-order valence-electron chi connectivity index (χ1n) is 7.41. The summed E-state index contributed by atoms with van der Waals surface area (Å²) in [6, 6.07) is 7.70. The van der Waals surface area contributed by atoms with E-state index >= 15 is 0 Å². The molecule has 0 unspecified atom stereocenters. The maximum Gasteiger partial charge on any atom is 0.172 e. The minimum Gasteiger partial charge on any atom is -0.296 e. The van der Waals surface area contributed by atoms with Gasteiger partial charge in [0, 0.05) is 10.9 Å². The van der Waals surface area contributed by atoms with Crippen molar-refractivity contribution in [3.8, 4) is 0 Å². The third-order valence-electron chi connectivity index (χ3n) is 4.15. The molecule has 0 radical (unpaired) electrons. The van der Waals surface area contributed by atoms with Crippen LogP contribution in [0, 0.1) is 0 Å². The zero-order valence-corrected chi connectivity index (χ0v) is 12.6. The van der Waals surface area contributed by atoms with E-state index in [1.54, 1.807) is 0 Å². The molecule has 21 heavy (non-hydrogen) atoms. The highest BCUT2D eigenvalue weighted by molar-refractivity contribution is 6.30. The maximum atomic E-state index is 11.2. The van der Waals surface area contributed by atoms with Crippen LogP contribution in [-0.2, 0) is 6.54 Å². The normalized spacial score (nSPS) is 16.0. The van der Waals surface area contributed by atoms with Crippen LogP contribution in [0.15, 0.2) is 24.3 Å². The van der Waals surface area contributed by atoms with Crippen LogP contribution < -0.4 is 0 Å². The number of aromatic nitrogens is 3. The first kappa shape index (κ1) is 14.3. The molecule has 0 N–H and O–H groups in total. The molecular formula is C16H18ClN3O. The summed E-state index contributed by atoms with van der Waals surface area (Å²) in [7, 11) is 0. The maximum absolute atomic E-state index is 11.2. The summed E-state index contributed by atoms with van der Waals surface area (Å²) >= 11 is 5.91. The summed E-state index contributed by atoms with van der Waals surface area (Å²) in [5.41, 5.74) is 2.61. The number of aldehydes is 1. The van der Waals surface area contributed by atoms with Crippen molar-refractivity contribution in [3.63, 3.8) is 0 Å². The number of benzene rings is 1. The van der Waals surface area contributed by atoms with Crippen LogP contribution in [0.2, 0.25) is 5.02 Å².